The topological polar surface area (TPSA) is 90.9 Å². The van der Waals surface area contributed by atoms with E-state index in [0.29, 0.717) is 13.0 Å². The van der Waals surface area contributed by atoms with E-state index >= 15 is 0 Å². The van der Waals surface area contributed by atoms with Crippen LogP contribution in [0, 0.1) is 0 Å². The van der Waals surface area contributed by atoms with Gasteiger partial charge in [-0.1, -0.05) is 6.92 Å². The Morgan fingerprint density at radius 3 is 2.63 bits per heavy atom. The van der Waals surface area contributed by atoms with Crippen LogP contribution in [0.4, 0.5) is 4.79 Å². The average Bonchev–Trinajstić information content (AvgIpc) is 2.42. The molecule has 0 bridgehead atoms. The summed E-state index contributed by atoms with van der Waals surface area (Å²) in [6.45, 7) is 6.58. The largest absolute Gasteiger partial charge is 0.480 e. The monoisotopic (exact) mass is 273 g/mol. The molecule has 1 aliphatic rings. The molecule has 0 aliphatic carbocycles. The van der Waals surface area contributed by atoms with Gasteiger partial charge in [-0.3, -0.25) is 4.90 Å². The zero-order valence-corrected chi connectivity index (χ0v) is 11.4. The van der Waals surface area contributed by atoms with Gasteiger partial charge >= 0.3 is 12.0 Å². The summed E-state index contributed by atoms with van der Waals surface area (Å²) in [5.74, 6) is -1.01. The first-order valence-electron chi connectivity index (χ1n) is 6.70. The number of nitrogens with one attached hydrogen (secondary N) is 2. The first kappa shape index (κ1) is 15.7. The van der Waals surface area contributed by atoms with E-state index in [1.807, 2.05) is 0 Å². The van der Waals surface area contributed by atoms with Crippen LogP contribution in [0.2, 0.25) is 0 Å². The molecule has 0 aromatic rings. The van der Waals surface area contributed by atoms with Gasteiger partial charge < -0.3 is 20.5 Å². The Morgan fingerprint density at radius 1 is 1.37 bits per heavy atom. The van der Waals surface area contributed by atoms with Crippen molar-refractivity contribution in [3.63, 3.8) is 0 Å². The average molecular weight is 273 g/mol. The van der Waals surface area contributed by atoms with Gasteiger partial charge in [-0.2, -0.15) is 0 Å². The van der Waals surface area contributed by atoms with E-state index in [9.17, 15) is 9.59 Å². The van der Waals surface area contributed by atoms with E-state index in [2.05, 4.69) is 15.5 Å². The minimum absolute atomic E-state index is 0.372. The Hall–Kier alpha value is -1.34. The third-order valence-electron chi connectivity index (χ3n) is 3.05. The number of carbonyl (C=O) groups excluding carboxylic acids is 1. The maximum atomic E-state index is 11.4. The van der Waals surface area contributed by atoms with Crippen molar-refractivity contribution in [2.24, 2.45) is 0 Å². The van der Waals surface area contributed by atoms with E-state index in [-0.39, 0.29) is 0 Å². The second-order valence-electron chi connectivity index (χ2n) is 4.51. The van der Waals surface area contributed by atoms with Crippen LogP contribution in [0.5, 0.6) is 0 Å². The van der Waals surface area contributed by atoms with Gasteiger partial charge in [-0.05, 0) is 19.4 Å². The zero-order valence-electron chi connectivity index (χ0n) is 11.4. The van der Waals surface area contributed by atoms with E-state index in [1.165, 1.54) is 0 Å². The SMILES string of the molecule is CC[C@@H](NC(=O)NCCCN1CCOCC1)C(=O)O. The van der Waals surface area contributed by atoms with Crippen LogP contribution in [0.15, 0.2) is 0 Å². The summed E-state index contributed by atoms with van der Waals surface area (Å²) in [5, 5.41) is 13.9. The molecule has 1 saturated heterocycles. The lowest BCUT2D eigenvalue weighted by molar-refractivity contribution is -0.139. The number of hydrogen-bond donors (Lipinski definition) is 3. The normalized spacial score (nSPS) is 17.7. The molecule has 7 nitrogen and oxygen atoms in total. The quantitative estimate of drug-likeness (QED) is 0.562. The van der Waals surface area contributed by atoms with Gasteiger partial charge in [0.25, 0.3) is 0 Å². The molecule has 3 N–H and O–H groups in total. The van der Waals surface area contributed by atoms with Crippen molar-refractivity contribution in [1.82, 2.24) is 15.5 Å². The Bertz CT molecular complexity index is 293. The number of nitrogens with zero attached hydrogens (tertiary/aromatic N) is 1. The number of carboxylic acid groups (broad SMARTS) is 1. The third kappa shape index (κ3) is 6.40. The number of ether oxygens (including phenoxy) is 1. The van der Waals surface area contributed by atoms with Gasteiger partial charge in [0.1, 0.15) is 6.04 Å². The van der Waals surface area contributed by atoms with E-state index in [1.54, 1.807) is 6.92 Å². The van der Waals surface area contributed by atoms with E-state index < -0.39 is 18.0 Å². The number of carboxylic acids is 1. The highest BCUT2D eigenvalue weighted by molar-refractivity contribution is 5.82. The molecule has 1 atom stereocenters. The van der Waals surface area contributed by atoms with Crippen LogP contribution in [-0.2, 0) is 9.53 Å². The van der Waals surface area contributed by atoms with Crippen LogP contribution >= 0.6 is 0 Å². The summed E-state index contributed by atoms with van der Waals surface area (Å²) in [6.07, 6.45) is 1.22. The molecule has 0 aromatic carbocycles. The van der Waals surface area contributed by atoms with E-state index in [0.717, 1.165) is 39.3 Å². The summed E-state index contributed by atoms with van der Waals surface area (Å²) in [7, 11) is 0. The molecule has 0 saturated carbocycles. The molecular formula is C12H23N3O4. The van der Waals surface area contributed by atoms with Crippen molar-refractivity contribution >= 4 is 12.0 Å². The first-order valence-corrected chi connectivity index (χ1v) is 6.70. The van der Waals surface area contributed by atoms with Gasteiger partial charge in [0.2, 0.25) is 0 Å². The predicted molar refractivity (Wildman–Crippen MR) is 70.1 cm³/mol. The summed E-state index contributed by atoms with van der Waals surface area (Å²) in [5.41, 5.74) is 0. The van der Waals surface area contributed by atoms with Crippen LogP contribution in [0.3, 0.4) is 0 Å². The summed E-state index contributed by atoms with van der Waals surface area (Å²) in [4.78, 5) is 24.5. The Labute approximate surface area is 113 Å². The number of rotatable bonds is 7. The minimum Gasteiger partial charge on any atom is -0.480 e. The lowest BCUT2D eigenvalue weighted by atomic mass is 10.2. The molecule has 1 heterocycles. The fraction of sp³-hybridized carbons (Fsp3) is 0.833. The second kappa shape index (κ2) is 8.71. The lowest BCUT2D eigenvalue weighted by Gasteiger charge is -2.26. The molecule has 1 fully saturated rings. The van der Waals surface area contributed by atoms with Gasteiger partial charge in [0.05, 0.1) is 13.2 Å². The van der Waals surface area contributed by atoms with Crippen molar-refractivity contribution in [2.45, 2.75) is 25.8 Å². The zero-order chi connectivity index (χ0) is 14.1. The highest BCUT2D eigenvalue weighted by Crippen LogP contribution is 1.97. The van der Waals surface area contributed by atoms with Crippen molar-refractivity contribution in [3.8, 4) is 0 Å². The van der Waals surface area contributed by atoms with Gasteiger partial charge in [-0.25, -0.2) is 9.59 Å². The molecule has 7 heteroatoms. The van der Waals surface area contributed by atoms with Crippen molar-refractivity contribution < 1.29 is 19.4 Å². The second-order valence-corrected chi connectivity index (χ2v) is 4.51. The molecule has 0 radical (unpaired) electrons. The number of carbonyl (C=O) groups is 2. The predicted octanol–water partition coefficient (Wildman–Crippen LogP) is -0.129. The summed E-state index contributed by atoms with van der Waals surface area (Å²) < 4.78 is 5.25. The summed E-state index contributed by atoms with van der Waals surface area (Å²) >= 11 is 0. The molecule has 110 valence electrons. The number of hydrogen-bond acceptors (Lipinski definition) is 4. The molecular weight excluding hydrogens is 250 g/mol. The maximum Gasteiger partial charge on any atom is 0.326 e. The van der Waals surface area contributed by atoms with Crippen molar-refractivity contribution in [2.75, 3.05) is 39.4 Å². The fourth-order valence-electron chi connectivity index (χ4n) is 1.88. The number of amides is 2. The van der Waals surface area contributed by atoms with Gasteiger partial charge in [-0.15, -0.1) is 0 Å². The molecule has 0 unspecified atom stereocenters. The number of aliphatic carboxylic acids is 1. The summed E-state index contributed by atoms with van der Waals surface area (Å²) in [6, 6.07) is -1.24. The van der Waals surface area contributed by atoms with Crippen LogP contribution < -0.4 is 10.6 Å². The van der Waals surface area contributed by atoms with Crippen molar-refractivity contribution in [1.29, 1.82) is 0 Å². The van der Waals surface area contributed by atoms with Crippen molar-refractivity contribution in [3.05, 3.63) is 0 Å². The minimum atomic E-state index is -1.01. The Balaban J connectivity index is 2.07. The fourth-order valence-corrected chi connectivity index (χ4v) is 1.88. The highest BCUT2D eigenvalue weighted by atomic mass is 16.5. The maximum absolute atomic E-state index is 11.4. The number of morpholine rings is 1. The van der Waals surface area contributed by atoms with Crippen LogP contribution in [0.1, 0.15) is 19.8 Å². The molecule has 2 amide bonds. The molecule has 0 spiro atoms. The Morgan fingerprint density at radius 2 is 2.05 bits per heavy atom. The molecule has 19 heavy (non-hydrogen) atoms. The standard InChI is InChI=1S/C12H23N3O4/c1-2-10(11(16)17)14-12(18)13-4-3-5-15-6-8-19-9-7-15/h10H,2-9H2,1H3,(H,16,17)(H2,13,14,18)/t10-/m1/s1. The van der Waals surface area contributed by atoms with Crippen LogP contribution in [0.25, 0.3) is 0 Å². The van der Waals surface area contributed by atoms with Crippen LogP contribution in [-0.4, -0.2) is 67.4 Å². The molecule has 1 rings (SSSR count). The molecule has 1 aliphatic heterocycles. The van der Waals surface area contributed by atoms with Gasteiger partial charge in [0.15, 0.2) is 0 Å². The number of urea groups is 1. The smallest absolute Gasteiger partial charge is 0.326 e. The third-order valence-corrected chi connectivity index (χ3v) is 3.05. The first-order chi connectivity index (χ1) is 9.13. The van der Waals surface area contributed by atoms with Gasteiger partial charge in [0, 0.05) is 19.6 Å². The van der Waals surface area contributed by atoms with E-state index in [4.69, 9.17) is 9.84 Å². The molecule has 0 aromatic heterocycles. The lowest BCUT2D eigenvalue weighted by Crippen LogP contribution is -2.46. The Kier molecular flexibility index (Phi) is 7.20. The highest BCUT2D eigenvalue weighted by Gasteiger charge is 2.17.